The van der Waals surface area contributed by atoms with Crippen LogP contribution in [0.5, 0.6) is 5.75 Å². The Morgan fingerprint density at radius 2 is 1.95 bits per heavy atom. The molecule has 1 aromatic rings. The van der Waals surface area contributed by atoms with Gasteiger partial charge >= 0.3 is 5.97 Å². The van der Waals surface area contributed by atoms with E-state index in [4.69, 9.17) is 9.84 Å². The number of carbonyl (C=O) groups excluding carboxylic acids is 1. The van der Waals surface area contributed by atoms with Gasteiger partial charge < -0.3 is 14.7 Å². The molecule has 2 rings (SSSR count). The third kappa shape index (κ3) is 4.28. The van der Waals surface area contributed by atoms with Crippen LogP contribution in [-0.4, -0.2) is 41.1 Å². The van der Waals surface area contributed by atoms with E-state index in [1.54, 1.807) is 0 Å². The summed E-state index contributed by atoms with van der Waals surface area (Å²) in [6.45, 7) is 0.0561. The number of para-hydroxylation sites is 1. The van der Waals surface area contributed by atoms with Gasteiger partial charge in [-0.1, -0.05) is 18.2 Å². The van der Waals surface area contributed by atoms with Crippen LogP contribution < -0.4 is 4.74 Å². The first kappa shape index (κ1) is 13.4. The summed E-state index contributed by atoms with van der Waals surface area (Å²) in [5, 5.41) is 8.79. The summed E-state index contributed by atoms with van der Waals surface area (Å²) in [6, 6.07) is 9.36. The molecule has 5 heteroatoms. The molecular weight excluding hydrogens is 246 g/mol. The fourth-order valence-electron chi connectivity index (χ4n) is 1.87. The third-order valence-electron chi connectivity index (χ3n) is 2.94. The van der Waals surface area contributed by atoms with Gasteiger partial charge in [-0.3, -0.25) is 9.59 Å². The van der Waals surface area contributed by atoms with Crippen molar-refractivity contribution in [3.8, 4) is 5.75 Å². The molecule has 1 aliphatic carbocycles. The van der Waals surface area contributed by atoms with Crippen LogP contribution >= 0.6 is 0 Å². The van der Waals surface area contributed by atoms with Crippen molar-refractivity contribution in [1.82, 2.24) is 4.90 Å². The van der Waals surface area contributed by atoms with E-state index in [2.05, 4.69) is 0 Å². The lowest BCUT2D eigenvalue weighted by atomic mass is 10.3. The van der Waals surface area contributed by atoms with Crippen molar-refractivity contribution >= 4 is 11.9 Å². The molecule has 0 bridgehead atoms. The fourth-order valence-corrected chi connectivity index (χ4v) is 1.87. The molecule has 19 heavy (non-hydrogen) atoms. The number of amides is 1. The number of hydrogen-bond donors (Lipinski definition) is 1. The lowest BCUT2D eigenvalue weighted by molar-refractivity contribution is -0.145. The fraction of sp³-hybridized carbons (Fsp3) is 0.429. The van der Waals surface area contributed by atoms with Crippen LogP contribution in [0.2, 0.25) is 0 Å². The molecular formula is C14H17NO4. The highest BCUT2D eigenvalue weighted by molar-refractivity contribution is 5.82. The second-order valence-corrected chi connectivity index (χ2v) is 4.56. The minimum absolute atomic E-state index is 0.111. The molecule has 0 radical (unpaired) electrons. The van der Waals surface area contributed by atoms with Crippen molar-refractivity contribution in [1.29, 1.82) is 0 Å². The quantitative estimate of drug-likeness (QED) is 0.810. The highest BCUT2D eigenvalue weighted by Crippen LogP contribution is 2.27. The monoisotopic (exact) mass is 263 g/mol. The molecule has 1 amide bonds. The van der Waals surface area contributed by atoms with E-state index in [0.29, 0.717) is 5.75 Å². The van der Waals surface area contributed by atoms with Crippen LogP contribution in [0.3, 0.4) is 0 Å². The summed E-state index contributed by atoms with van der Waals surface area (Å²) in [5.41, 5.74) is 0. The molecule has 0 aromatic heterocycles. The third-order valence-corrected chi connectivity index (χ3v) is 2.94. The van der Waals surface area contributed by atoms with E-state index in [1.807, 2.05) is 30.3 Å². The highest BCUT2D eigenvalue weighted by atomic mass is 16.5. The number of rotatable bonds is 7. The topological polar surface area (TPSA) is 66.8 Å². The molecule has 0 heterocycles. The van der Waals surface area contributed by atoms with Gasteiger partial charge in [0.25, 0.3) is 0 Å². The van der Waals surface area contributed by atoms with E-state index >= 15 is 0 Å². The Morgan fingerprint density at radius 1 is 1.26 bits per heavy atom. The van der Waals surface area contributed by atoms with Gasteiger partial charge in [-0.2, -0.15) is 0 Å². The van der Waals surface area contributed by atoms with E-state index in [1.165, 1.54) is 4.90 Å². The van der Waals surface area contributed by atoms with Crippen molar-refractivity contribution in [3.63, 3.8) is 0 Å². The zero-order valence-electron chi connectivity index (χ0n) is 10.6. The number of ether oxygens (including phenoxy) is 1. The number of benzene rings is 1. The number of carbonyl (C=O) groups is 2. The predicted molar refractivity (Wildman–Crippen MR) is 68.9 cm³/mol. The lowest BCUT2D eigenvalue weighted by Crippen LogP contribution is -2.38. The summed E-state index contributed by atoms with van der Waals surface area (Å²) in [5.74, 6) is -0.406. The van der Waals surface area contributed by atoms with E-state index in [-0.39, 0.29) is 31.5 Å². The average molecular weight is 263 g/mol. The van der Waals surface area contributed by atoms with Crippen molar-refractivity contribution in [2.45, 2.75) is 25.3 Å². The molecule has 102 valence electrons. The highest BCUT2D eigenvalue weighted by Gasteiger charge is 2.33. The summed E-state index contributed by atoms with van der Waals surface area (Å²) >= 11 is 0. The number of carboxylic acid groups (broad SMARTS) is 1. The van der Waals surface area contributed by atoms with Crippen LogP contribution in [-0.2, 0) is 9.59 Å². The van der Waals surface area contributed by atoms with Crippen molar-refractivity contribution in [2.75, 3.05) is 13.2 Å². The minimum atomic E-state index is -0.968. The van der Waals surface area contributed by atoms with Crippen LogP contribution in [0.4, 0.5) is 0 Å². The van der Waals surface area contributed by atoms with Crippen LogP contribution in [0.1, 0.15) is 19.3 Å². The number of aliphatic carboxylic acids is 1. The smallest absolute Gasteiger partial charge is 0.323 e. The van der Waals surface area contributed by atoms with Crippen LogP contribution in [0, 0.1) is 0 Å². The number of carboxylic acids is 1. The Labute approximate surface area is 111 Å². The Morgan fingerprint density at radius 3 is 2.53 bits per heavy atom. The summed E-state index contributed by atoms with van der Waals surface area (Å²) < 4.78 is 5.44. The zero-order chi connectivity index (χ0) is 13.7. The molecule has 0 unspecified atom stereocenters. The van der Waals surface area contributed by atoms with Gasteiger partial charge in [0.15, 0.2) is 0 Å². The van der Waals surface area contributed by atoms with Crippen molar-refractivity contribution in [3.05, 3.63) is 30.3 Å². The van der Waals surface area contributed by atoms with Gasteiger partial charge in [-0.05, 0) is 25.0 Å². The molecule has 0 spiro atoms. The van der Waals surface area contributed by atoms with E-state index in [9.17, 15) is 9.59 Å². The molecule has 1 fully saturated rings. The van der Waals surface area contributed by atoms with E-state index < -0.39 is 5.97 Å². The van der Waals surface area contributed by atoms with Crippen LogP contribution in [0.15, 0.2) is 30.3 Å². The average Bonchev–Trinajstić information content (AvgIpc) is 3.21. The largest absolute Gasteiger partial charge is 0.493 e. The van der Waals surface area contributed by atoms with Crippen LogP contribution in [0.25, 0.3) is 0 Å². The number of hydrogen-bond acceptors (Lipinski definition) is 3. The summed E-state index contributed by atoms with van der Waals surface area (Å²) in [6.07, 6.45) is 2.01. The van der Waals surface area contributed by atoms with Gasteiger partial charge in [0.05, 0.1) is 13.0 Å². The second kappa shape index (κ2) is 6.22. The Kier molecular flexibility index (Phi) is 4.39. The van der Waals surface area contributed by atoms with E-state index in [0.717, 1.165) is 12.8 Å². The van der Waals surface area contributed by atoms with Gasteiger partial charge in [-0.15, -0.1) is 0 Å². The first-order valence-electron chi connectivity index (χ1n) is 6.36. The lowest BCUT2D eigenvalue weighted by Gasteiger charge is -2.20. The summed E-state index contributed by atoms with van der Waals surface area (Å²) in [4.78, 5) is 24.1. The second-order valence-electron chi connectivity index (χ2n) is 4.56. The molecule has 1 aromatic carbocycles. The zero-order valence-corrected chi connectivity index (χ0v) is 10.6. The Balaban J connectivity index is 1.77. The van der Waals surface area contributed by atoms with Crippen molar-refractivity contribution in [2.24, 2.45) is 0 Å². The van der Waals surface area contributed by atoms with Gasteiger partial charge in [0.2, 0.25) is 5.91 Å². The minimum Gasteiger partial charge on any atom is -0.493 e. The molecule has 0 aliphatic heterocycles. The Hall–Kier alpha value is -2.04. The number of nitrogens with zero attached hydrogens (tertiary/aromatic N) is 1. The van der Waals surface area contributed by atoms with Gasteiger partial charge in [0.1, 0.15) is 12.3 Å². The molecule has 5 nitrogen and oxygen atoms in total. The van der Waals surface area contributed by atoms with Gasteiger partial charge in [0, 0.05) is 6.04 Å². The first-order valence-corrected chi connectivity index (χ1v) is 6.36. The molecule has 0 saturated heterocycles. The molecule has 1 saturated carbocycles. The predicted octanol–water partition coefficient (Wildman–Crippen LogP) is 1.53. The molecule has 0 atom stereocenters. The maximum absolute atomic E-state index is 11.9. The SMILES string of the molecule is O=C(O)CN(C(=O)CCOc1ccccc1)C1CC1. The summed E-state index contributed by atoms with van der Waals surface area (Å²) in [7, 11) is 0. The normalized spacial score (nSPS) is 13.9. The van der Waals surface area contributed by atoms with Crippen molar-refractivity contribution < 1.29 is 19.4 Å². The maximum atomic E-state index is 11.9. The molecule has 1 N–H and O–H groups in total. The maximum Gasteiger partial charge on any atom is 0.323 e. The standard InChI is InChI=1S/C14H17NO4/c16-13(15(10-14(17)18)11-6-7-11)8-9-19-12-4-2-1-3-5-12/h1-5,11H,6-10H2,(H,17,18). The van der Waals surface area contributed by atoms with Gasteiger partial charge in [-0.25, -0.2) is 0 Å². The first-order chi connectivity index (χ1) is 9.16. The molecule has 1 aliphatic rings. The Bertz CT molecular complexity index is 442.